The molecule has 0 aliphatic heterocycles. The van der Waals surface area contributed by atoms with Crippen molar-refractivity contribution in [3.05, 3.63) is 101 Å². The molecule has 0 aliphatic rings. The summed E-state index contributed by atoms with van der Waals surface area (Å²) in [6, 6.07) is 14.1. The average Bonchev–Trinajstić information content (AvgIpc) is 2.87. The van der Waals surface area contributed by atoms with E-state index in [1.807, 2.05) is 0 Å². The Morgan fingerprint density at radius 2 is 1.26 bits per heavy atom. The fourth-order valence-corrected chi connectivity index (χ4v) is 4.29. The first-order valence-electron chi connectivity index (χ1n) is 12.1. The average molecular weight is 527 g/mol. The number of aromatic hydroxyl groups is 1. The predicted octanol–water partition coefficient (Wildman–Crippen LogP) is 3.80. The van der Waals surface area contributed by atoms with Gasteiger partial charge in [-0.15, -0.1) is 0 Å². The molecule has 0 saturated carbocycles. The highest BCUT2D eigenvalue weighted by Gasteiger charge is 2.30. The van der Waals surface area contributed by atoms with Crippen molar-refractivity contribution in [2.75, 3.05) is 0 Å². The maximum atomic E-state index is 14.4. The van der Waals surface area contributed by atoms with E-state index in [-0.39, 0.29) is 43.2 Å². The molecule has 3 rings (SSSR count). The Labute approximate surface area is 218 Å². The van der Waals surface area contributed by atoms with Gasteiger partial charge in [-0.05, 0) is 60.2 Å². The number of phenolic OH excluding ortho intramolecular Hbond substituents is 1. The quantitative estimate of drug-likeness (QED) is 0.313. The highest BCUT2D eigenvalue weighted by atomic mass is 19.1. The van der Waals surface area contributed by atoms with Crippen LogP contribution in [0.15, 0.2) is 66.7 Å². The molecule has 1 amide bonds. The Balaban J connectivity index is 1.79. The number of ketones is 2. The van der Waals surface area contributed by atoms with Crippen molar-refractivity contribution in [3.8, 4) is 5.75 Å². The maximum Gasteiger partial charge on any atom is 0.221 e. The minimum absolute atomic E-state index is 0.0535. The monoisotopic (exact) mass is 526 g/mol. The SMILES string of the molecule is NC(=O)C(CC(=O)C(CC(=O)C(N)Cc1ccccc1F)Cc1ccccc1F)Cc1ccc(F)c(O)c1. The topological polar surface area (TPSA) is 123 Å². The summed E-state index contributed by atoms with van der Waals surface area (Å²) in [6.07, 6.45) is -0.952. The van der Waals surface area contributed by atoms with Gasteiger partial charge >= 0.3 is 0 Å². The molecule has 0 heterocycles. The molecule has 200 valence electrons. The van der Waals surface area contributed by atoms with Crippen molar-refractivity contribution < 1.29 is 32.7 Å². The Morgan fingerprint density at radius 3 is 1.82 bits per heavy atom. The third-order valence-electron chi connectivity index (χ3n) is 6.48. The molecular formula is C29H29F3N2O4. The fourth-order valence-electron chi connectivity index (χ4n) is 4.29. The molecule has 9 heteroatoms. The lowest BCUT2D eigenvalue weighted by Gasteiger charge is -2.21. The zero-order valence-electron chi connectivity index (χ0n) is 20.6. The predicted molar refractivity (Wildman–Crippen MR) is 135 cm³/mol. The van der Waals surface area contributed by atoms with Crippen molar-refractivity contribution in [2.45, 2.75) is 38.1 Å². The first-order valence-corrected chi connectivity index (χ1v) is 12.1. The number of primary amides is 1. The summed E-state index contributed by atoms with van der Waals surface area (Å²) in [7, 11) is 0. The van der Waals surface area contributed by atoms with E-state index in [4.69, 9.17) is 11.5 Å². The minimum Gasteiger partial charge on any atom is -0.505 e. The number of carbonyl (C=O) groups is 3. The van der Waals surface area contributed by atoms with Crippen LogP contribution in [0.5, 0.6) is 5.75 Å². The summed E-state index contributed by atoms with van der Waals surface area (Å²) >= 11 is 0. The lowest BCUT2D eigenvalue weighted by atomic mass is 9.83. The number of nitrogens with two attached hydrogens (primary N) is 2. The molecule has 0 spiro atoms. The van der Waals surface area contributed by atoms with Gasteiger partial charge in [0.1, 0.15) is 17.4 Å². The van der Waals surface area contributed by atoms with Crippen LogP contribution < -0.4 is 11.5 Å². The molecule has 3 aromatic rings. The van der Waals surface area contributed by atoms with Crippen LogP contribution in [0.1, 0.15) is 29.5 Å². The molecule has 0 aromatic heterocycles. The number of carbonyl (C=O) groups excluding carboxylic acids is 3. The van der Waals surface area contributed by atoms with Gasteiger partial charge in [0.2, 0.25) is 5.91 Å². The van der Waals surface area contributed by atoms with E-state index in [9.17, 15) is 32.7 Å². The number of benzene rings is 3. The fraction of sp³-hybridized carbons (Fsp3) is 0.276. The number of hydrogen-bond donors (Lipinski definition) is 3. The molecule has 3 atom stereocenters. The van der Waals surface area contributed by atoms with E-state index in [1.165, 1.54) is 42.5 Å². The number of Topliss-reactive ketones (excluding diaryl/α,β-unsaturated/α-hetero) is 2. The molecular weight excluding hydrogens is 497 g/mol. The molecule has 0 fully saturated rings. The number of amides is 1. The first-order chi connectivity index (χ1) is 18.0. The second-order valence-corrected chi connectivity index (χ2v) is 9.32. The normalized spacial score (nSPS) is 13.5. The van der Waals surface area contributed by atoms with Crippen molar-refractivity contribution >= 4 is 17.5 Å². The lowest BCUT2D eigenvalue weighted by molar-refractivity contribution is -0.131. The van der Waals surface area contributed by atoms with Gasteiger partial charge in [0.05, 0.1) is 6.04 Å². The zero-order chi connectivity index (χ0) is 27.8. The lowest BCUT2D eigenvalue weighted by Crippen LogP contribution is -2.37. The third-order valence-corrected chi connectivity index (χ3v) is 6.48. The summed E-state index contributed by atoms with van der Waals surface area (Å²) in [4.78, 5) is 38.5. The molecule has 0 aliphatic carbocycles. The van der Waals surface area contributed by atoms with Crippen LogP contribution in [0, 0.1) is 29.3 Å². The van der Waals surface area contributed by atoms with Gasteiger partial charge in [0.15, 0.2) is 17.3 Å². The van der Waals surface area contributed by atoms with Gasteiger partial charge in [-0.1, -0.05) is 42.5 Å². The van der Waals surface area contributed by atoms with Crippen molar-refractivity contribution in [1.82, 2.24) is 0 Å². The van der Waals surface area contributed by atoms with Crippen LogP contribution in [0.4, 0.5) is 13.2 Å². The highest BCUT2D eigenvalue weighted by Crippen LogP contribution is 2.24. The largest absolute Gasteiger partial charge is 0.505 e. The molecule has 6 nitrogen and oxygen atoms in total. The van der Waals surface area contributed by atoms with Gasteiger partial charge in [-0.25, -0.2) is 13.2 Å². The summed E-state index contributed by atoms with van der Waals surface area (Å²) < 4.78 is 41.8. The van der Waals surface area contributed by atoms with E-state index in [2.05, 4.69) is 0 Å². The molecule has 0 radical (unpaired) electrons. The smallest absolute Gasteiger partial charge is 0.221 e. The second-order valence-electron chi connectivity index (χ2n) is 9.32. The maximum absolute atomic E-state index is 14.4. The van der Waals surface area contributed by atoms with Crippen LogP contribution >= 0.6 is 0 Å². The minimum atomic E-state index is -1.10. The Bertz CT molecular complexity index is 1310. The van der Waals surface area contributed by atoms with Gasteiger partial charge in [-0.3, -0.25) is 14.4 Å². The van der Waals surface area contributed by atoms with E-state index in [0.29, 0.717) is 5.56 Å². The van der Waals surface area contributed by atoms with Gasteiger partial charge in [0.25, 0.3) is 0 Å². The van der Waals surface area contributed by atoms with Crippen molar-refractivity contribution in [3.63, 3.8) is 0 Å². The number of hydrogen-bond acceptors (Lipinski definition) is 5. The Kier molecular flexibility index (Phi) is 9.78. The van der Waals surface area contributed by atoms with Gasteiger partial charge in [0, 0.05) is 24.7 Å². The standard InChI is InChI=1S/C29H29F3N2O4/c30-22-7-3-1-5-18(22)13-20(15-28(37)25(33)14-19-6-2-4-8-23(19)31)26(35)16-21(29(34)38)11-17-9-10-24(32)27(36)12-17/h1-10,12,20-21,25,36H,11,13-16,33H2,(H2,34,38). The first kappa shape index (κ1) is 28.6. The van der Waals surface area contributed by atoms with E-state index in [1.54, 1.807) is 12.1 Å². The Hall–Kier alpha value is -3.98. The summed E-state index contributed by atoms with van der Waals surface area (Å²) in [5.74, 6) is -6.36. The van der Waals surface area contributed by atoms with E-state index in [0.717, 1.165) is 12.1 Å². The highest BCUT2D eigenvalue weighted by molar-refractivity contribution is 5.92. The molecule has 3 unspecified atom stereocenters. The second kappa shape index (κ2) is 13.0. The molecule has 38 heavy (non-hydrogen) atoms. The summed E-state index contributed by atoms with van der Waals surface area (Å²) in [5, 5.41) is 9.62. The number of phenols is 1. The molecule has 3 aromatic carbocycles. The zero-order valence-corrected chi connectivity index (χ0v) is 20.6. The van der Waals surface area contributed by atoms with Crippen molar-refractivity contribution in [1.29, 1.82) is 0 Å². The van der Waals surface area contributed by atoms with Crippen LogP contribution in [0.25, 0.3) is 0 Å². The molecule has 5 N–H and O–H groups in total. The Morgan fingerprint density at radius 1 is 0.711 bits per heavy atom. The molecule has 0 bridgehead atoms. The number of rotatable bonds is 13. The van der Waals surface area contributed by atoms with Crippen LogP contribution in [-0.2, 0) is 33.6 Å². The van der Waals surface area contributed by atoms with Crippen LogP contribution in [-0.4, -0.2) is 28.6 Å². The van der Waals surface area contributed by atoms with Crippen LogP contribution in [0.3, 0.4) is 0 Å². The summed E-state index contributed by atoms with van der Waals surface area (Å²) in [6.45, 7) is 0. The molecule has 0 saturated heterocycles. The van der Waals surface area contributed by atoms with Gasteiger partial charge < -0.3 is 16.6 Å². The van der Waals surface area contributed by atoms with Crippen molar-refractivity contribution in [2.24, 2.45) is 23.3 Å². The third kappa shape index (κ3) is 7.76. The van der Waals surface area contributed by atoms with E-state index < -0.39 is 58.6 Å². The number of halogens is 3. The van der Waals surface area contributed by atoms with E-state index >= 15 is 0 Å². The van der Waals surface area contributed by atoms with Gasteiger partial charge in [-0.2, -0.15) is 0 Å². The van der Waals surface area contributed by atoms with Crippen LogP contribution in [0.2, 0.25) is 0 Å². The summed E-state index contributed by atoms with van der Waals surface area (Å²) in [5.41, 5.74) is 12.4.